The zero-order valence-electron chi connectivity index (χ0n) is 10.2. The fourth-order valence-corrected chi connectivity index (χ4v) is 1.84. The van der Waals surface area contributed by atoms with Gasteiger partial charge in [0, 0.05) is 19.5 Å². The summed E-state index contributed by atoms with van der Waals surface area (Å²) in [5, 5.41) is 22.8. The van der Waals surface area contributed by atoms with Crippen LogP contribution >= 0.6 is 0 Å². The lowest BCUT2D eigenvalue weighted by atomic mass is 9.87. The summed E-state index contributed by atoms with van der Waals surface area (Å²) in [6.07, 6.45) is 1.98. The minimum Gasteiger partial charge on any atom is -0.390 e. The Kier molecular flexibility index (Phi) is 6.36. The average molecular weight is 218 g/mol. The molecule has 15 heavy (non-hydrogen) atoms. The monoisotopic (exact) mass is 218 g/mol. The van der Waals surface area contributed by atoms with Crippen molar-refractivity contribution in [3.8, 4) is 0 Å². The second-order valence-electron chi connectivity index (χ2n) is 5.13. The molecule has 4 nitrogen and oxygen atoms in total. The molecule has 0 bridgehead atoms. The predicted octanol–water partition coefficient (Wildman–Crippen LogP) is 0.227. The molecule has 0 spiro atoms. The van der Waals surface area contributed by atoms with Crippen molar-refractivity contribution in [2.75, 3.05) is 19.6 Å². The van der Waals surface area contributed by atoms with Crippen molar-refractivity contribution in [2.45, 2.75) is 51.2 Å². The van der Waals surface area contributed by atoms with Crippen LogP contribution in [0.25, 0.3) is 0 Å². The molecule has 0 heterocycles. The Morgan fingerprint density at radius 2 is 1.73 bits per heavy atom. The van der Waals surface area contributed by atoms with Crippen LogP contribution in [0.15, 0.2) is 0 Å². The van der Waals surface area contributed by atoms with Gasteiger partial charge in [-0.3, -0.25) is 0 Å². The van der Waals surface area contributed by atoms with Gasteiger partial charge < -0.3 is 21.3 Å². The number of rotatable bonds is 8. The lowest BCUT2D eigenvalue weighted by molar-refractivity contribution is -0.0405. The first-order valence-electron chi connectivity index (χ1n) is 5.62. The van der Waals surface area contributed by atoms with E-state index in [0.29, 0.717) is 19.4 Å². The largest absolute Gasteiger partial charge is 0.390 e. The number of aliphatic hydroxyl groups is 2. The highest BCUT2D eigenvalue weighted by molar-refractivity contribution is 4.81. The summed E-state index contributed by atoms with van der Waals surface area (Å²) < 4.78 is 0. The first kappa shape index (κ1) is 14.8. The van der Waals surface area contributed by atoms with E-state index >= 15 is 0 Å². The molecule has 1 atom stereocenters. The molecule has 0 fully saturated rings. The van der Waals surface area contributed by atoms with Crippen LogP contribution in [0.2, 0.25) is 0 Å². The van der Waals surface area contributed by atoms with Crippen molar-refractivity contribution >= 4 is 0 Å². The third kappa shape index (κ3) is 10.1. The van der Waals surface area contributed by atoms with E-state index in [4.69, 9.17) is 5.73 Å². The summed E-state index contributed by atoms with van der Waals surface area (Å²) in [5.41, 5.74) is 3.73. The minimum atomic E-state index is -0.811. The van der Waals surface area contributed by atoms with Crippen LogP contribution in [0, 0.1) is 0 Å². The molecule has 0 aliphatic rings. The van der Waals surface area contributed by atoms with Gasteiger partial charge in [-0.05, 0) is 40.2 Å². The van der Waals surface area contributed by atoms with E-state index in [1.807, 2.05) is 0 Å². The lowest BCUT2D eigenvalue weighted by Crippen LogP contribution is -2.36. The van der Waals surface area contributed by atoms with E-state index in [0.717, 1.165) is 19.5 Å². The molecular weight excluding hydrogens is 192 g/mol. The van der Waals surface area contributed by atoms with Gasteiger partial charge in [-0.25, -0.2) is 0 Å². The van der Waals surface area contributed by atoms with E-state index in [-0.39, 0.29) is 0 Å². The summed E-state index contributed by atoms with van der Waals surface area (Å²) in [7, 11) is 0. The smallest absolute Gasteiger partial charge is 0.0647 e. The van der Waals surface area contributed by atoms with E-state index < -0.39 is 11.2 Å². The molecule has 92 valence electrons. The van der Waals surface area contributed by atoms with Gasteiger partial charge in [0.15, 0.2) is 0 Å². The highest BCUT2D eigenvalue weighted by atomic mass is 16.3. The number of nitrogens with one attached hydrogen (secondary N) is 1. The molecule has 0 aromatic carbocycles. The number of hydrogen-bond donors (Lipinski definition) is 4. The Morgan fingerprint density at radius 1 is 1.13 bits per heavy atom. The van der Waals surface area contributed by atoms with Crippen molar-refractivity contribution in [3.63, 3.8) is 0 Å². The molecule has 1 unspecified atom stereocenters. The first-order chi connectivity index (χ1) is 6.77. The Balaban J connectivity index is 3.65. The van der Waals surface area contributed by atoms with Gasteiger partial charge in [0.1, 0.15) is 0 Å². The SMILES string of the molecule is CC(C)(O)CC(C)(O)CCCNCCN. The van der Waals surface area contributed by atoms with Crippen LogP contribution in [0.1, 0.15) is 40.0 Å². The summed E-state index contributed by atoms with van der Waals surface area (Å²) in [5.74, 6) is 0. The van der Waals surface area contributed by atoms with Crippen molar-refractivity contribution in [1.82, 2.24) is 5.32 Å². The van der Waals surface area contributed by atoms with Crippen LogP contribution in [0.5, 0.6) is 0 Å². The molecular formula is C11H26N2O2. The van der Waals surface area contributed by atoms with Gasteiger partial charge in [0.05, 0.1) is 11.2 Å². The molecule has 0 amide bonds. The fraction of sp³-hybridized carbons (Fsp3) is 1.00. The van der Waals surface area contributed by atoms with Crippen LogP contribution < -0.4 is 11.1 Å². The van der Waals surface area contributed by atoms with Gasteiger partial charge in [0.2, 0.25) is 0 Å². The van der Waals surface area contributed by atoms with E-state index in [9.17, 15) is 10.2 Å². The zero-order valence-corrected chi connectivity index (χ0v) is 10.2. The topological polar surface area (TPSA) is 78.5 Å². The summed E-state index contributed by atoms with van der Waals surface area (Å²) in [4.78, 5) is 0. The Bertz CT molecular complexity index is 164. The molecule has 0 rings (SSSR count). The first-order valence-corrected chi connectivity index (χ1v) is 5.62. The zero-order chi connectivity index (χ0) is 11.9. The fourth-order valence-electron chi connectivity index (χ4n) is 1.84. The van der Waals surface area contributed by atoms with Crippen molar-refractivity contribution in [1.29, 1.82) is 0 Å². The second kappa shape index (κ2) is 6.43. The number of nitrogens with two attached hydrogens (primary N) is 1. The van der Waals surface area contributed by atoms with Gasteiger partial charge in [-0.2, -0.15) is 0 Å². The maximum atomic E-state index is 9.99. The van der Waals surface area contributed by atoms with Gasteiger partial charge in [0.25, 0.3) is 0 Å². The third-order valence-corrected chi connectivity index (χ3v) is 2.20. The molecule has 0 saturated carbocycles. The van der Waals surface area contributed by atoms with E-state index in [2.05, 4.69) is 5.32 Å². The maximum absolute atomic E-state index is 9.99. The van der Waals surface area contributed by atoms with Crippen molar-refractivity contribution in [3.05, 3.63) is 0 Å². The normalized spacial score (nSPS) is 16.4. The quantitative estimate of drug-likeness (QED) is 0.440. The molecule has 0 radical (unpaired) electrons. The van der Waals surface area contributed by atoms with Crippen LogP contribution in [0.4, 0.5) is 0 Å². The average Bonchev–Trinajstić information content (AvgIpc) is 1.99. The summed E-state index contributed by atoms with van der Waals surface area (Å²) in [6, 6.07) is 0. The molecule has 0 aromatic rings. The van der Waals surface area contributed by atoms with Gasteiger partial charge in [-0.15, -0.1) is 0 Å². The van der Waals surface area contributed by atoms with Crippen LogP contribution in [0.3, 0.4) is 0 Å². The molecule has 0 saturated heterocycles. The summed E-state index contributed by atoms with van der Waals surface area (Å²) >= 11 is 0. The molecule has 0 aliphatic carbocycles. The second-order valence-corrected chi connectivity index (χ2v) is 5.13. The van der Waals surface area contributed by atoms with Crippen molar-refractivity contribution < 1.29 is 10.2 Å². The van der Waals surface area contributed by atoms with Crippen LogP contribution in [-0.2, 0) is 0 Å². The molecule has 4 heteroatoms. The third-order valence-electron chi connectivity index (χ3n) is 2.20. The Labute approximate surface area is 92.9 Å². The Hall–Kier alpha value is -0.160. The highest BCUT2D eigenvalue weighted by Gasteiger charge is 2.28. The highest BCUT2D eigenvalue weighted by Crippen LogP contribution is 2.23. The van der Waals surface area contributed by atoms with Crippen LogP contribution in [-0.4, -0.2) is 41.0 Å². The lowest BCUT2D eigenvalue weighted by Gasteiger charge is -2.30. The Morgan fingerprint density at radius 3 is 2.20 bits per heavy atom. The molecule has 0 aromatic heterocycles. The van der Waals surface area contributed by atoms with E-state index in [1.165, 1.54) is 0 Å². The predicted molar refractivity (Wildman–Crippen MR) is 62.7 cm³/mol. The van der Waals surface area contributed by atoms with Crippen molar-refractivity contribution in [2.24, 2.45) is 5.73 Å². The minimum absolute atomic E-state index is 0.400. The van der Waals surface area contributed by atoms with E-state index in [1.54, 1.807) is 20.8 Å². The molecule has 5 N–H and O–H groups in total. The number of hydrogen-bond acceptors (Lipinski definition) is 4. The maximum Gasteiger partial charge on any atom is 0.0647 e. The van der Waals surface area contributed by atoms with Gasteiger partial charge >= 0.3 is 0 Å². The standard InChI is InChI=1S/C11H26N2O2/c1-10(2,14)9-11(3,15)5-4-7-13-8-6-12/h13-15H,4-9,12H2,1-3H3. The molecule has 0 aliphatic heterocycles. The summed E-state index contributed by atoms with van der Waals surface area (Å²) in [6.45, 7) is 7.52. The van der Waals surface area contributed by atoms with Gasteiger partial charge in [-0.1, -0.05) is 0 Å².